The number of hydrogen-bond donors (Lipinski definition) is 0. The third-order valence-electron chi connectivity index (χ3n) is 2.83. The predicted octanol–water partition coefficient (Wildman–Crippen LogP) is 3.32. The summed E-state index contributed by atoms with van der Waals surface area (Å²) in [5.41, 5.74) is -0.510. The van der Waals surface area contributed by atoms with Gasteiger partial charge in [-0.2, -0.15) is 0 Å². The highest BCUT2D eigenvalue weighted by Gasteiger charge is 2.61. The number of rotatable bonds is 2. The largest absolute Gasteiger partial charge is 0.391 e. The molecule has 0 radical (unpaired) electrons. The molecule has 5 heteroatoms. The number of halogens is 2. The number of carbonyl (C=O) groups excluding carboxylic acids is 2. The lowest BCUT2D eigenvalue weighted by Gasteiger charge is -2.37. The van der Waals surface area contributed by atoms with Crippen molar-refractivity contribution in [1.29, 1.82) is 0 Å². The number of hydrogen-bond acceptors (Lipinski definition) is 3. The van der Waals surface area contributed by atoms with Crippen molar-refractivity contribution in [1.82, 2.24) is 0 Å². The van der Waals surface area contributed by atoms with E-state index in [2.05, 4.69) is 25.5 Å². The van der Waals surface area contributed by atoms with Crippen LogP contribution in [0.15, 0.2) is 0 Å². The number of carbonyl (C=O) groups is 2. The fraction of sp³-hybridized carbons (Fsp3) is 0.833. The van der Waals surface area contributed by atoms with E-state index in [-0.39, 0.29) is 5.41 Å². The first-order chi connectivity index (χ1) is 7.38. The molecule has 0 saturated carbocycles. The molecule has 0 spiro atoms. The summed E-state index contributed by atoms with van der Waals surface area (Å²) < 4.78 is 2.78. The number of ether oxygens (including phenoxy) is 1. The van der Waals surface area contributed by atoms with Crippen molar-refractivity contribution < 1.29 is 14.3 Å². The summed E-state index contributed by atoms with van der Waals surface area (Å²) in [7, 11) is 0. The normalized spacial score (nSPS) is 25.0. The van der Waals surface area contributed by atoms with Gasteiger partial charge in [0.1, 0.15) is 5.92 Å². The fourth-order valence-corrected chi connectivity index (χ4v) is 3.61. The molecule has 3 nitrogen and oxygen atoms in total. The smallest absolute Gasteiger partial charge is 0.351 e. The van der Waals surface area contributed by atoms with Gasteiger partial charge >= 0.3 is 11.9 Å². The van der Waals surface area contributed by atoms with Crippen molar-refractivity contribution in [3.05, 3.63) is 0 Å². The van der Waals surface area contributed by atoms with Crippen LogP contribution in [-0.2, 0) is 14.3 Å². The van der Waals surface area contributed by atoms with Gasteiger partial charge < -0.3 is 4.74 Å². The van der Waals surface area contributed by atoms with Gasteiger partial charge in [-0.3, -0.25) is 4.79 Å². The van der Waals surface area contributed by atoms with Crippen LogP contribution in [0.5, 0.6) is 0 Å². The Morgan fingerprint density at radius 1 is 1.18 bits per heavy atom. The van der Waals surface area contributed by atoms with Crippen molar-refractivity contribution in [2.24, 2.45) is 16.7 Å². The van der Waals surface area contributed by atoms with Gasteiger partial charge in [0, 0.05) is 0 Å². The monoisotopic (exact) mass is 280 g/mol. The Morgan fingerprint density at radius 3 is 1.94 bits per heavy atom. The maximum atomic E-state index is 11.7. The predicted molar refractivity (Wildman–Crippen MR) is 66.9 cm³/mol. The van der Waals surface area contributed by atoms with Gasteiger partial charge in [0.2, 0.25) is 4.33 Å². The quantitative estimate of drug-likeness (QED) is 0.443. The second kappa shape index (κ2) is 4.13. The van der Waals surface area contributed by atoms with E-state index in [1.807, 2.05) is 13.8 Å². The third-order valence-corrected chi connectivity index (χ3v) is 3.58. The fourth-order valence-electron chi connectivity index (χ4n) is 2.76. The van der Waals surface area contributed by atoms with Crippen molar-refractivity contribution in [2.75, 3.05) is 0 Å². The average Bonchev–Trinajstić information content (AvgIpc) is 2.15. The maximum absolute atomic E-state index is 11.7. The van der Waals surface area contributed by atoms with E-state index in [9.17, 15) is 9.59 Å². The first-order valence-electron chi connectivity index (χ1n) is 5.52. The van der Waals surface area contributed by atoms with E-state index < -0.39 is 27.6 Å². The van der Waals surface area contributed by atoms with Crippen molar-refractivity contribution >= 4 is 35.1 Å². The molecule has 1 fully saturated rings. The molecule has 1 aliphatic heterocycles. The maximum Gasteiger partial charge on any atom is 0.351 e. The minimum absolute atomic E-state index is 0.000719. The highest BCUT2D eigenvalue weighted by atomic mass is 35.5. The van der Waals surface area contributed by atoms with Gasteiger partial charge in [-0.1, -0.05) is 57.8 Å². The van der Waals surface area contributed by atoms with Crippen LogP contribution < -0.4 is 0 Å². The van der Waals surface area contributed by atoms with E-state index in [1.165, 1.54) is 0 Å². The Labute approximate surface area is 112 Å². The highest BCUT2D eigenvalue weighted by molar-refractivity contribution is 6.60. The minimum atomic E-state index is -1.77. The third kappa shape index (κ3) is 2.94. The molecule has 1 unspecified atom stereocenters. The molecular formula is C12H18Cl2O3. The molecule has 1 rings (SSSR count). The molecule has 1 heterocycles. The van der Waals surface area contributed by atoms with E-state index in [1.54, 1.807) is 0 Å². The molecule has 98 valence electrons. The molecule has 0 aliphatic carbocycles. The zero-order valence-corrected chi connectivity index (χ0v) is 12.3. The summed E-state index contributed by atoms with van der Waals surface area (Å²) in [6, 6.07) is 0. The van der Waals surface area contributed by atoms with Gasteiger partial charge in [-0.05, 0) is 17.3 Å². The molecule has 0 aromatic heterocycles. The van der Waals surface area contributed by atoms with Crippen LogP contribution in [0.1, 0.15) is 41.0 Å². The topological polar surface area (TPSA) is 43.4 Å². The molecule has 0 bridgehead atoms. The van der Waals surface area contributed by atoms with Crippen LogP contribution in [-0.4, -0.2) is 16.3 Å². The van der Waals surface area contributed by atoms with E-state index in [0.29, 0.717) is 6.42 Å². The summed E-state index contributed by atoms with van der Waals surface area (Å²) in [4.78, 5) is 23.1. The standard InChI is InChI=1S/C12H18Cl2O3/c1-10(2,3)6-11(4,5)7-8(15)17-9(16)12(7,13)14/h7H,6H2,1-5H3. The summed E-state index contributed by atoms with van der Waals surface area (Å²) >= 11 is 11.9. The molecule has 0 aromatic rings. The zero-order chi connectivity index (χ0) is 13.6. The molecule has 1 aliphatic rings. The second-order valence-corrected chi connectivity index (χ2v) is 7.88. The first-order valence-corrected chi connectivity index (χ1v) is 6.27. The van der Waals surface area contributed by atoms with E-state index in [4.69, 9.17) is 23.2 Å². The van der Waals surface area contributed by atoms with E-state index in [0.717, 1.165) is 0 Å². The Balaban J connectivity index is 3.06. The van der Waals surface area contributed by atoms with Crippen LogP contribution in [0, 0.1) is 16.7 Å². The average molecular weight is 281 g/mol. The zero-order valence-electron chi connectivity index (χ0n) is 10.8. The Kier molecular flexibility index (Phi) is 3.59. The van der Waals surface area contributed by atoms with Crippen molar-refractivity contribution in [2.45, 2.75) is 45.4 Å². The number of alkyl halides is 2. The molecule has 0 N–H and O–H groups in total. The summed E-state index contributed by atoms with van der Waals surface area (Å²) in [6.45, 7) is 9.92. The lowest BCUT2D eigenvalue weighted by Crippen LogP contribution is -2.41. The van der Waals surface area contributed by atoms with Gasteiger partial charge in [0.15, 0.2) is 0 Å². The number of esters is 2. The van der Waals surface area contributed by atoms with Gasteiger partial charge in [0.25, 0.3) is 0 Å². The van der Waals surface area contributed by atoms with Crippen LogP contribution >= 0.6 is 23.2 Å². The lowest BCUT2D eigenvalue weighted by molar-refractivity contribution is -0.154. The molecule has 1 atom stereocenters. The SMILES string of the molecule is CC(C)(C)CC(C)(C)C1C(=O)OC(=O)C1(Cl)Cl. The lowest BCUT2D eigenvalue weighted by atomic mass is 9.68. The van der Waals surface area contributed by atoms with Crippen LogP contribution in [0.3, 0.4) is 0 Å². The van der Waals surface area contributed by atoms with Crippen LogP contribution in [0.2, 0.25) is 0 Å². The summed E-state index contributed by atoms with van der Waals surface area (Å²) in [6.07, 6.45) is 0.703. The second-order valence-electron chi connectivity index (χ2n) is 6.49. The number of cyclic esters (lactones) is 2. The van der Waals surface area contributed by atoms with Crippen LogP contribution in [0.25, 0.3) is 0 Å². The van der Waals surface area contributed by atoms with Gasteiger partial charge in [-0.15, -0.1) is 0 Å². The van der Waals surface area contributed by atoms with Crippen LogP contribution in [0.4, 0.5) is 0 Å². The van der Waals surface area contributed by atoms with Crippen molar-refractivity contribution in [3.8, 4) is 0 Å². The summed E-state index contributed by atoms with van der Waals surface area (Å²) in [5, 5.41) is 0. The molecule has 0 aromatic carbocycles. The molecular weight excluding hydrogens is 263 g/mol. The highest BCUT2D eigenvalue weighted by Crippen LogP contribution is 2.51. The summed E-state index contributed by atoms with van der Waals surface area (Å²) in [5.74, 6) is -2.32. The van der Waals surface area contributed by atoms with Gasteiger partial charge in [0.05, 0.1) is 0 Å². The van der Waals surface area contributed by atoms with E-state index >= 15 is 0 Å². The first kappa shape index (κ1) is 14.8. The Hall–Kier alpha value is -0.280. The molecule has 17 heavy (non-hydrogen) atoms. The van der Waals surface area contributed by atoms with Crippen molar-refractivity contribution in [3.63, 3.8) is 0 Å². The Bertz CT molecular complexity index is 353. The molecule has 1 saturated heterocycles. The minimum Gasteiger partial charge on any atom is -0.391 e. The molecule has 0 amide bonds. The van der Waals surface area contributed by atoms with Gasteiger partial charge in [-0.25, -0.2) is 4.79 Å². The Morgan fingerprint density at radius 2 is 1.65 bits per heavy atom.